The maximum Gasteiger partial charge on any atom is 0.0886 e. The van der Waals surface area contributed by atoms with Crippen molar-refractivity contribution in [2.75, 3.05) is 0 Å². The standard InChI is InChI=1S/C48H37N3.C2H6/c1-49-46(28-17-34-11-5-2-6-12-34)47-30-27-42(33-50-47)43-32-48(40-24-22-38(23-25-40)36-15-9-4-10-16-36)51-45-29-26-41(31-44(43)45)39-20-18-37(19-21-39)35-13-7-3-8-14-35;1-2/h2-11,13-25,27-28,30-33H,1,12,26,29H2;1-2H3/b34-17-,46-28-;. The van der Waals surface area contributed by atoms with Crippen LogP contribution in [0.4, 0.5) is 0 Å². The van der Waals surface area contributed by atoms with Crippen molar-refractivity contribution >= 4 is 24.1 Å². The zero-order valence-electron chi connectivity index (χ0n) is 30.4. The van der Waals surface area contributed by atoms with Gasteiger partial charge in [0, 0.05) is 28.6 Å². The van der Waals surface area contributed by atoms with E-state index in [9.17, 15) is 0 Å². The van der Waals surface area contributed by atoms with E-state index in [0.717, 1.165) is 64.3 Å². The minimum atomic E-state index is 0.745. The van der Waals surface area contributed by atoms with Gasteiger partial charge >= 0.3 is 0 Å². The third kappa shape index (κ3) is 8.06. The summed E-state index contributed by atoms with van der Waals surface area (Å²) in [6, 6.07) is 45.1. The molecule has 0 radical (unpaired) electrons. The van der Waals surface area contributed by atoms with Crippen LogP contribution in [0, 0.1) is 0 Å². The lowest BCUT2D eigenvalue weighted by Gasteiger charge is -2.21. The van der Waals surface area contributed by atoms with Crippen molar-refractivity contribution in [3.05, 3.63) is 198 Å². The SMILES string of the molecule is C=N/C(=C\C=C1\C=CC=CC1)c1ccc(-c2cc(-c3ccc(-c4ccccc4)cc3)nc3c2C=C(c2ccc(-c4ccccc4)cc2)CC3)cn1.CC. The van der Waals surface area contributed by atoms with Crippen LogP contribution in [0.5, 0.6) is 0 Å². The number of fused-ring (bicyclic) bond motifs is 1. The second-order valence-electron chi connectivity index (χ2n) is 12.8. The molecule has 258 valence electrons. The van der Waals surface area contributed by atoms with Gasteiger partial charge in [0.1, 0.15) is 0 Å². The molecule has 53 heavy (non-hydrogen) atoms. The summed E-state index contributed by atoms with van der Waals surface area (Å²) in [4.78, 5) is 14.5. The molecular weight excluding hydrogens is 643 g/mol. The first-order valence-corrected chi connectivity index (χ1v) is 18.5. The summed E-state index contributed by atoms with van der Waals surface area (Å²) in [6.07, 6.45) is 19.5. The molecule has 0 unspecified atom stereocenters. The molecule has 3 heteroatoms. The van der Waals surface area contributed by atoms with Gasteiger partial charge in [-0.15, -0.1) is 0 Å². The predicted octanol–water partition coefficient (Wildman–Crippen LogP) is 13.1. The molecule has 0 N–H and O–H groups in total. The molecule has 0 amide bonds. The number of aliphatic imine (C=N–C) groups is 1. The Morgan fingerprint density at radius 3 is 1.85 bits per heavy atom. The van der Waals surface area contributed by atoms with Crippen molar-refractivity contribution in [2.24, 2.45) is 4.99 Å². The van der Waals surface area contributed by atoms with Crippen molar-refractivity contribution in [1.29, 1.82) is 0 Å². The monoisotopic (exact) mass is 685 g/mol. The molecule has 2 aliphatic carbocycles. The van der Waals surface area contributed by atoms with E-state index in [1.54, 1.807) is 0 Å². The summed E-state index contributed by atoms with van der Waals surface area (Å²) in [7, 11) is 0. The highest BCUT2D eigenvalue weighted by Gasteiger charge is 2.20. The van der Waals surface area contributed by atoms with Gasteiger partial charge in [0.25, 0.3) is 0 Å². The van der Waals surface area contributed by atoms with Crippen molar-refractivity contribution in [2.45, 2.75) is 33.1 Å². The van der Waals surface area contributed by atoms with Gasteiger partial charge in [0.15, 0.2) is 0 Å². The molecule has 0 spiro atoms. The molecule has 2 aliphatic rings. The summed E-state index contributed by atoms with van der Waals surface area (Å²) < 4.78 is 0. The average molecular weight is 686 g/mol. The first-order chi connectivity index (χ1) is 26.2. The Hall–Kier alpha value is -6.45. The van der Waals surface area contributed by atoms with Gasteiger partial charge < -0.3 is 0 Å². The van der Waals surface area contributed by atoms with Crippen LogP contribution in [-0.2, 0) is 6.42 Å². The number of hydrogen-bond acceptors (Lipinski definition) is 3. The molecule has 3 nitrogen and oxygen atoms in total. The molecule has 0 atom stereocenters. The fourth-order valence-electron chi connectivity index (χ4n) is 6.81. The zero-order chi connectivity index (χ0) is 36.4. The number of aromatic nitrogens is 2. The third-order valence-corrected chi connectivity index (χ3v) is 9.61. The van der Waals surface area contributed by atoms with Gasteiger partial charge in [0.05, 0.1) is 17.1 Å². The topological polar surface area (TPSA) is 38.1 Å². The van der Waals surface area contributed by atoms with Crippen LogP contribution in [0.15, 0.2) is 181 Å². The van der Waals surface area contributed by atoms with Crippen molar-refractivity contribution in [3.63, 3.8) is 0 Å². The maximum atomic E-state index is 5.27. The highest BCUT2D eigenvalue weighted by molar-refractivity contribution is 5.91. The molecule has 0 aliphatic heterocycles. The maximum absolute atomic E-state index is 5.27. The average Bonchev–Trinajstić information content (AvgIpc) is 3.25. The molecule has 6 aromatic rings. The number of nitrogens with zero attached hydrogens (tertiary/aromatic N) is 3. The Morgan fingerprint density at radius 2 is 1.26 bits per heavy atom. The van der Waals surface area contributed by atoms with Crippen LogP contribution < -0.4 is 0 Å². The number of allylic oxidation sites excluding steroid dienone is 8. The zero-order valence-corrected chi connectivity index (χ0v) is 30.4. The Bertz CT molecular complexity index is 2340. The normalized spacial score (nSPS) is 14.2. The first-order valence-electron chi connectivity index (χ1n) is 18.5. The van der Waals surface area contributed by atoms with E-state index in [1.807, 2.05) is 38.3 Å². The lowest BCUT2D eigenvalue weighted by Crippen LogP contribution is -2.05. The number of pyridine rings is 2. The molecule has 0 saturated heterocycles. The van der Waals surface area contributed by atoms with Crippen LogP contribution in [0.3, 0.4) is 0 Å². The number of benzene rings is 4. The lowest BCUT2D eigenvalue weighted by atomic mass is 9.86. The summed E-state index contributed by atoms with van der Waals surface area (Å²) >= 11 is 0. The Labute approximate surface area is 313 Å². The lowest BCUT2D eigenvalue weighted by molar-refractivity contribution is 0.943. The Balaban J connectivity index is 0.00000214. The highest BCUT2D eigenvalue weighted by Crippen LogP contribution is 2.39. The van der Waals surface area contributed by atoms with Gasteiger partial charge in [-0.05, 0) is 94.8 Å². The Morgan fingerprint density at radius 1 is 0.660 bits per heavy atom. The molecule has 0 saturated carbocycles. The van der Waals surface area contributed by atoms with Crippen LogP contribution >= 0.6 is 0 Å². The van der Waals surface area contributed by atoms with Crippen molar-refractivity contribution in [3.8, 4) is 44.6 Å². The highest BCUT2D eigenvalue weighted by atomic mass is 14.8. The fraction of sp³-hybridized carbons (Fsp3) is 0.100. The van der Waals surface area contributed by atoms with Gasteiger partial charge in [-0.2, -0.15) is 0 Å². The molecule has 0 bridgehead atoms. The van der Waals surface area contributed by atoms with Crippen LogP contribution in [0.2, 0.25) is 0 Å². The van der Waals surface area contributed by atoms with E-state index in [2.05, 4.69) is 163 Å². The molecule has 2 aromatic heterocycles. The van der Waals surface area contributed by atoms with E-state index in [4.69, 9.17) is 9.97 Å². The molecule has 0 fully saturated rings. The Kier molecular flexibility index (Phi) is 11.0. The summed E-state index contributed by atoms with van der Waals surface area (Å²) in [5, 5.41) is 0. The van der Waals surface area contributed by atoms with E-state index in [1.165, 1.54) is 39.0 Å². The van der Waals surface area contributed by atoms with Gasteiger partial charge in [-0.1, -0.05) is 159 Å². The quantitative estimate of drug-likeness (QED) is 0.150. The van der Waals surface area contributed by atoms with Gasteiger partial charge in [0.2, 0.25) is 0 Å². The van der Waals surface area contributed by atoms with Crippen molar-refractivity contribution < 1.29 is 0 Å². The van der Waals surface area contributed by atoms with Crippen LogP contribution in [-0.4, -0.2) is 16.7 Å². The van der Waals surface area contributed by atoms with Crippen LogP contribution in [0.1, 0.15) is 49.2 Å². The first kappa shape index (κ1) is 35.0. The molecular formula is C50H43N3. The second-order valence-corrected chi connectivity index (χ2v) is 12.8. The fourth-order valence-corrected chi connectivity index (χ4v) is 6.81. The van der Waals surface area contributed by atoms with E-state index >= 15 is 0 Å². The minimum Gasteiger partial charge on any atom is -0.262 e. The summed E-state index contributed by atoms with van der Waals surface area (Å²) in [5.74, 6) is 0. The number of rotatable bonds is 8. The summed E-state index contributed by atoms with van der Waals surface area (Å²) in [5.41, 5.74) is 16.6. The van der Waals surface area contributed by atoms with E-state index in [-0.39, 0.29) is 0 Å². The van der Waals surface area contributed by atoms with Crippen LogP contribution in [0.25, 0.3) is 62.0 Å². The van der Waals surface area contributed by atoms with Gasteiger partial charge in [-0.3, -0.25) is 15.0 Å². The van der Waals surface area contributed by atoms with Gasteiger partial charge in [-0.25, -0.2) is 0 Å². The second kappa shape index (κ2) is 16.7. The molecule has 2 heterocycles. The minimum absolute atomic E-state index is 0.745. The number of aryl methyl sites for hydroxylation is 1. The predicted molar refractivity (Wildman–Crippen MR) is 226 cm³/mol. The molecule has 8 rings (SSSR count). The molecule has 4 aromatic carbocycles. The summed E-state index contributed by atoms with van der Waals surface area (Å²) in [6.45, 7) is 7.83. The third-order valence-electron chi connectivity index (χ3n) is 9.61. The smallest absolute Gasteiger partial charge is 0.0886 e. The number of hydrogen-bond donors (Lipinski definition) is 0. The van der Waals surface area contributed by atoms with Crippen molar-refractivity contribution in [1.82, 2.24) is 9.97 Å². The largest absolute Gasteiger partial charge is 0.262 e. The van der Waals surface area contributed by atoms with E-state index in [0.29, 0.717) is 0 Å². The van der Waals surface area contributed by atoms with E-state index < -0.39 is 0 Å².